The van der Waals surface area contributed by atoms with Crippen molar-refractivity contribution in [3.63, 3.8) is 0 Å². The second-order valence-electron chi connectivity index (χ2n) is 21.0. The monoisotopic (exact) mass is 1570 g/mol. The molecule has 0 aliphatic rings. The summed E-state index contributed by atoms with van der Waals surface area (Å²) < 4.78 is 0. The van der Waals surface area contributed by atoms with E-state index in [0.717, 1.165) is 17.6 Å². The summed E-state index contributed by atoms with van der Waals surface area (Å²) in [4.78, 5) is 29.1. The second kappa shape index (κ2) is 58.0. The highest BCUT2D eigenvalue weighted by Gasteiger charge is 2.18. The van der Waals surface area contributed by atoms with E-state index in [4.69, 9.17) is 0 Å². The standard InChI is InChI=1S/C29H34OS4.C28H34S4.C28H6.3CH4.S4.14H2/c1-3-5-7-9-11-21-17-18-31-28(21)26-15-13-24(33-26)25-14-16-27(34-25)29-22(12-10-8-6-4-2)19-23(20-30)32-29;1-3-5-7-9-11-21-17-19-29-27(21)25-15-13-23(31-25)24-14-16-26(32-24)28-22(18-20-30-28)12-10-8-6-4-2;1-3-5-7-9-11-13-15-17-19-21-23-25-27-28-26-24-22-20-18-16-14-12-10-8-6-4-2;;;;1-3-4-2;;;;;;;;;;;;;;/h13-20H,3-12H2,1-2H3;13-20H,3-12H2,1-2H3;1-2H3;3*1H4;;14*1H. The van der Waals surface area contributed by atoms with E-state index in [1.54, 1.807) is 25.2 Å². The Morgan fingerprint density at radius 1 is 0.317 bits per heavy atom. The first-order valence-corrected chi connectivity index (χ1v) is 43.2. The molecule has 0 radical (unpaired) electrons. The minimum Gasteiger partial charge on any atom is -0.297 e. The van der Waals surface area contributed by atoms with Gasteiger partial charge in [0.15, 0.2) is 6.29 Å². The SMILES string of the molecule is C.C.C.CC#CC#CC#CC#CC#CC#CC#CC#CC#CC#CC#CC#CC#CC.CCCCCCc1ccsc1-c1ccc(-c2ccc(-c3sc(C=O)cc3CCCCCC)s2)s1.CCCCCCc1ccsc1-c1ccc(-c2ccc(-c3sccc3CCCCCC)s2)s1.S=S=S=S.[HH].[HH].[HH].[HH].[HH].[HH].[HH].[HH].[HH].[HH].[HH].[HH].[HH].[HH]. The zero-order chi connectivity index (χ0) is 69.7. The van der Waals surface area contributed by atoms with Crippen LogP contribution in [0.15, 0.2) is 88.9 Å². The summed E-state index contributed by atoms with van der Waals surface area (Å²) >= 11 is 23.7. The van der Waals surface area contributed by atoms with Gasteiger partial charge in [0.05, 0.1) is 4.88 Å². The molecule has 0 aliphatic heterocycles. The fourth-order valence-electron chi connectivity index (χ4n) is 9.30. The molecule has 0 fully saturated rings. The van der Waals surface area contributed by atoms with Crippen LogP contribution in [-0.4, -0.2) is 6.29 Å². The van der Waals surface area contributed by atoms with Crippen LogP contribution in [0.5, 0.6) is 0 Å². The number of hydrogen-bond donors (Lipinski definition) is 0. The molecule has 8 heterocycles. The first-order valence-electron chi connectivity index (χ1n) is 32.5. The van der Waals surface area contributed by atoms with E-state index < -0.39 is 0 Å². The van der Waals surface area contributed by atoms with Gasteiger partial charge in [-0.25, -0.2) is 0 Å². The molecule has 0 saturated carbocycles. The molecule has 0 aromatic carbocycles. The van der Waals surface area contributed by atoms with Crippen molar-refractivity contribution in [3.05, 3.63) is 116 Å². The Morgan fingerprint density at radius 2 is 0.554 bits per heavy atom. The van der Waals surface area contributed by atoms with Crippen LogP contribution in [-0.2, 0) is 65.8 Å². The Bertz CT molecular complexity index is 4670. The predicted octanol–water partition coefficient (Wildman–Crippen LogP) is 28.6. The van der Waals surface area contributed by atoms with Crippen LogP contribution in [0.3, 0.4) is 0 Å². The number of thiophene rings is 8. The number of hydrogen-bond acceptors (Lipinski definition) is 11. The number of aldehydes is 1. The molecule has 0 bridgehead atoms. The Kier molecular flexibility index (Phi) is 51.4. The molecule has 101 heavy (non-hydrogen) atoms. The summed E-state index contributed by atoms with van der Waals surface area (Å²) in [6.45, 7) is 12.5. The molecule has 8 aromatic rings. The molecule has 0 N–H and O–H groups in total. The van der Waals surface area contributed by atoms with Crippen molar-refractivity contribution in [3.8, 4) is 212 Å². The fourth-order valence-corrected chi connectivity index (χ4v) is 18.0. The lowest BCUT2D eigenvalue weighted by Gasteiger charge is -2.02. The topological polar surface area (TPSA) is 17.1 Å². The number of carbonyl (C=O) groups is 1. The lowest BCUT2D eigenvalue weighted by molar-refractivity contribution is 0.112. The third-order valence-electron chi connectivity index (χ3n) is 13.9. The second-order valence-corrected chi connectivity index (χ2v) is 32.7. The normalized spacial score (nSPS) is 8.73. The Balaban J connectivity index is -0.000000113. The summed E-state index contributed by atoms with van der Waals surface area (Å²) in [6, 6.07) is 27.5. The maximum absolute atomic E-state index is 11.5. The van der Waals surface area contributed by atoms with Crippen LogP contribution in [0, 0.1) is 154 Å². The number of rotatable bonds is 27. The first kappa shape index (κ1) is 89.5. The number of aryl methyl sites for hydroxylation is 4. The Hall–Kier alpha value is -7.57. The molecular formula is C88H114OS12. The smallest absolute Gasteiger partial charge is 0.160 e. The average molecular weight is 1570 g/mol. The van der Waals surface area contributed by atoms with Crippen molar-refractivity contribution < 1.29 is 24.8 Å². The van der Waals surface area contributed by atoms with Gasteiger partial charge in [-0.1, -0.05) is 139 Å². The van der Waals surface area contributed by atoms with E-state index in [9.17, 15) is 4.79 Å². The third-order valence-corrected chi connectivity index (χ3v) is 25.6. The molecule has 0 spiro atoms. The third kappa shape index (κ3) is 35.3. The maximum Gasteiger partial charge on any atom is 0.160 e. The van der Waals surface area contributed by atoms with Crippen LogP contribution in [0.2, 0.25) is 0 Å². The molecule has 8 rings (SSSR count). The molecule has 0 aliphatic carbocycles. The van der Waals surface area contributed by atoms with Gasteiger partial charge in [-0.15, -0.1) is 90.7 Å². The molecule has 0 unspecified atom stereocenters. The summed E-state index contributed by atoms with van der Waals surface area (Å²) in [5.41, 5.74) is 5.93. The van der Waals surface area contributed by atoms with Crippen molar-refractivity contribution in [2.24, 2.45) is 0 Å². The number of unbranched alkanes of at least 4 members (excludes halogenated alkanes) is 12. The Labute approximate surface area is 676 Å². The van der Waals surface area contributed by atoms with Gasteiger partial charge in [0.2, 0.25) is 0 Å². The minimum atomic E-state index is 0. The maximum atomic E-state index is 11.5. The molecule has 8 aromatic heterocycles. The highest BCUT2D eigenvalue weighted by molar-refractivity contribution is 8.51. The summed E-state index contributed by atoms with van der Waals surface area (Å²) in [5.74, 6) is 65.6. The van der Waals surface area contributed by atoms with Crippen LogP contribution >= 0.6 is 90.7 Å². The minimum absolute atomic E-state index is 0. The molecule has 0 atom stereocenters. The van der Waals surface area contributed by atoms with Gasteiger partial charge in [-0.2, -0.15) is 0 Å². The van der Waals surface area contributed by atoms with Crippen molar-refractivity contribution in [1.82, 2.24) is 0 Å². The summed E-state index contributed by atoms with van der Waals surface area (Å²) in [5, 5.41) is 6.79. The Morgan fingerprint density at radius 3 is 0.792 bits per heavy atom. The quantitative estimate of drug-likeness (QED) is 0.0290. The van der Waals surface area contributed by atoms with Crippen LogP contribution in [0.1, 0.15) is 218 Å². The molecule has 1 nitrogen and oxygen atoms in total. The summed E-state index contributed by atoms with van der Waals surface area (Å²) in [6.07, 6.45) is 26.6. The van der Waals surface area contributed by atoms with E-state index in [1.807, 2.05) is 79.4 Å². The van der Waals surface area contributed by atoms with Gasteiger partial charge in [-0.3, -0.25) is 4.79 Å². The van der Waals surface area contributed by atoms with Crippen LogP contribution in [0.25, 0.3) is 58.5 Å². The van der Waals surface area contributed by atoms with Gasteiger partial charge in [0.25, 0.3) is 0 Å². The highest BCUT2D eigenvalue weighted by atomic mass is 33.2. The fraction of sp³-hybridized carbons (Fsp3) is 0.330. The molecule has 0 saturated heterocycles. The lowest BCUT2D eigenvalue weighted by Crippen LogP contribution is -1.85. The van der Waals surface area contributed by atoms with Crippen molar-refractivity contribution >= 4 is 137 Å². The van der Waals surface area contributed by atoms with Gasteiger partial charge >= 0.3 is 0 Å². The van der Waals surface area contributed by atoms with Gasteiger partial charge in [-0.05, 0) is 271 Å². The average Bonchev–Trinajstić information content (AvgIpc) is 1.99. The van der Waals surface area contributed by atoms with Gasteiger partial charge in [0, 0.05) is 166 Å². The first-order chi connectivity index (χ1) is 48.4. The van der Waals surface area contributed by atoms with Crippen molar-refractivity contribution in [1.29, 1.82) is 0 Å². The van der Waals surface area contributed by atoms with Gasteiger partial charge < -0.3 is 0 Å². The molecule has 13 heteroatoms. The summed E-state index contributed by atoms with van der Waals surface area (Å²) in [7, 11) is 2.34. The largest absolute Gasteiger partial charge is 0.297 e. The van der Waals surface area contributed by atoms with Crippen molar-refractivity contribution in [2.75, 3.05) is 0 Å². The zero-order valence-electron chi connectivity index (χ0n) is 56.2. The number of carbonyl (C=O) groups excluding carboxylic acids is 1. The molecule has 0 amide bonds. The van der Waals surface area contributed by atoms with Crippen LogP contribution in [0.4, 0.5) is 0 Å². The molecule has 544 valence electrons. The van der Waals surface area contributed by atoms with E-state index in [2.05, 4.69) is 293 Å². The lowest BCUT2D eigenvalue weighted by atomic mass is 10.1. The molecular weight excluding hydrogens is 1460 g/mol. The van der Waals surface area contributed by atoms with E-state index in [1.165, 1.54) is 221 Å². The highest BCUT2D eigenvalue weighted by Crippen LogP contribution is 2.46. The van der Waals surface area contributed by atoms with Gasteiger partial charge in [0.1, 0.15) is 0 Å². The predicted molar refractivity (Wildman–Crippen MR) is 497 cm³/mol. The van der Waals surface area contributed by atoms with Crippen LogP contribution < -0.4 is 0 Å². The van der Waals surface area contributed by atoms with E-state index in [-0.39, 0.29) is 42.3 Å². The van der Waals surface area contributed by atoms with E-state index >= 15 is 0 Å². The van der Waals surface area contributed by atoms with E-state index in [0.29, 0.717) is 0 Å². The van der Waals surface area contributed by atoms with Crippen molar-refractivity contribution in [2.45, 2.75) is 192 Å². The zero-order valence-corrected chi connectivity index (χ0v) is 66.0.